The van der Waals surface area contributed by atoms with Crippen molar-refractivity contribution >= 4 is 40.6 Å². The smallest absolute Gasteiger partial charge is 0.280 e. The molecule has 0 bridgehead atoms. The van der Waals surface area contributed by atoms with Crippen molar-refractivity contribution in [3.8, 4) is 11.3 Å². The summed E-state index contributed by atoms with van der Waals surface area (Å²) in [4.78, 5) is 27.8. The van der Waals surface area contributed by atoms with Gasteiger partial charge in [0.15, 0.2) is 0 Å². The third-order valence-electron chi connectivity index (χ3n) is 5.77. The molecule has 1 amide bonds. The van der Waals surface area contributed by atoms with Crippen molar-refractivity contribution in [3.05, 3.63) is 81.6 Å². The van der Waals surface area contributed by atoms with Crippen LogP contribution in [0.1, 0.15) is 12.7 Å². The van der Waals surface area contributed by atoms with E-state index in [1.165, 1.54) is 18.2 Å². The summed E-state index contributed by atoms with van der Waals surface area (Å²) in [6, 6.07) is 15.1. The van der Waals surface area contributed by atoms with Crippen LogP contribution in [0.15, 0.2) is 65.1 Å². The lowest BCUT2D eigenvalue weighted by molar-refractivity contribution is -0.384. The molecule has 0 atom stereocenters. The minimum Gasteiger partial charge on any atom is -0.456 e. The van der Waals surface area contributed by atoms with Gasteiger partial charge >= 0.3 is 0 Å². The van der Waals surface area contributed by atoms with Gasteiger partial charge in [0, 0.05) is 44.0 Å². The van der Waals surface area contributed by atoms with E-state index >= 15 is 0 Å². The van der Waals surface area contributed by atoms with Crippen LogP contribution in [-0.4, -0.2) is 48.5 Å². The third-order valence-corrected chi connectivity index (χ3v) is 6.07. The van der Waals surface area contributed by atoms with Crippen molar-refractivity contribution in [1.29, 1.82) is 0 Å². The number of nitrogens with one attached hydrogen (secondary N) is 1. The number of para-hydroxylation sites is 1. The number of carbonyl (C=O) groups is 1. The Morgan fingerprint density at radius 1 is 1.15 bits per heavy atom. The highest BCUT2D eigenvalue weighted by Crippen LogP contribution is 2.32. The Hall–Kier alpha value is -3.62. The van der Waals surface area contributed by atoms with Gasteiger partial charge in [-0.2, -0.15) is 0 Å². The Morgan fingerprint density at radius 2 is 1.91 bits per heavy atom. The standard InChI is InChI=1S/C25H25ClN4O4/c1-2-28-13-15-29(16-14-28)23-10-7-18(17-21(23)26)27-25(31)12-9-19-8-11-24(34-19)20-5-3-4-6-22(20)30(32)33/h3-12,17H,2,13-16H2,1H3,(H,27,31)/b12-9+. The predicted molar refractivity (Wildman–Crippen MR) is 134 cm³/mol. The van der Waals surface area contributed by atoms with E-state index in [2.05, 4.69) is 22.0 Å². The fourth-order valence-corrected chi connectivity index (χ4v) is 4.22. The number of anilines is 2. The minimum absolute atomic E-state index is 0.0438. The van der Waals surface area contributed by atoms with Crippen LogP contribution in [0.3, 0.4) is 0 Å². The molecule has 2 aromatic carbocycles. The Kier molecular flexibility index (Phi) is 7.30. The van der Waals surface area contributed by atoms with Crippen molar-refractivity contribution in [1.82, 2.24) is 4.90 Å². The van der Waals surface area contributed by atoms with Gasteiger partial charge in [0.1, 0.15) is 11.5 Å². The number of carbonyl (C=O) groups excluding carboxylic acids is 1. The van der Waals surface area contributed by atoms with Crippen LogP contribution < -0.4 is 10.2 Å². The summed E-state index contributed by atoms with van der Waals surface area (Å²) >= 11 is 6.50. The second-order valence-electron chi connectivity index (χ2n) is 7.89. The summed E-state index contributed by atoms with van der Waals surface area (Å²) in [6.07, 6.45) is 2.85. The highest BCUT2D eigenvalue weighted by Gasteiger charge is 2.19. The number of furan rings is 1. The van der Waals surface area contributed by atoms with E-state index in [-0.39, 0.29) is 11.6 Å². The molecule has 1 N–H and O–H groups in total. The van der Waals surface area contributed by atoms with Gasteiger partial charge in [0.2, 0.25) is 5.91 Å². The summed E-state index contributed by atoms with van der Waals surface area (Å²) < 4.78 is 5.68. The molecule has 3 aromatic rings. The predicted octanol–water partition coefficient (Wildman–Crippen LogP) is 5.30. The van der Waals surface area contributed by atoms with Crippen LogP contribution in [0.25, 0.3) is 17.4 Å². The largest absolute Gasteiger partial charge is 0.456 e. The number of amides is 1. The molecule has 0 unspecified atom stereocenters. The van der Waals surface area contributed by atoms with E-state index in [0.29, 0.717) is 27.8 Å². The zero-order valence-electron chi connectivity index (χ0n) is 18.7. The molecule has 2 heterocycles. The van der Waals surface area contributed by atoms with Crippen molar-refractivity contribution in [3.63, 3.8) is 0 Å². The number of likely N-dealkylation sites (N-methyl/N-ethyl adjacent to an activating group) is 1. The Bertz CT molecular complexity index is 1220. The molecule has 0 spiro atoms. The van der Waals surface area contributed by atoms with Gasteiger partial charge in [-0.05, 0) is 49.0 Å². The fraction of sp³-hybridized carbons (Fsp3) is 0.240. The van der Waals surface area contributed by atoms with Crippen molar-refractivity contribution in [2.45, 2.75) is 6.92 Å². The number of nitro groups is 1. The Labute approximate surface area is 202 Å². The zero-order chi connectivity index (χ0) is 24.1. The van der Waals surface area contributed by atoms with Crippen LogP contribution in [0.4, 0.5) is 17.1 Å². The lowest BCUT2D eigenvalue weighted by atomic mass is 10.1. The summed E-state index contributed by atoms with van der Waals surface area (Å²) in [5, 5.41) is 14.6. The molecule has 0 saturated carbocycles. The monoisotopic (exact) mass is 480 g/mol. The second-order valence-corrected chi connectivity index (χ2v) is 8.29. The SMILES string of the molecule is CCN1CCN(c2ccc(NC(=O)/C=C/c3ccc(-c4ccccc4[N+](=O)[O-])o3)cc2Cl)CC1. The van der Waals surface area contributed by atoms with E-state index < -0.39 is 4.92 Å². The topological polar surface area (TPSA) is 91.9 Å². The van der Waals surface area contributed by atoms with Crippen molar-refractivity contribution in [2.24, 2.45) is 0 Å². The van der Waals surface area contributed by atoms with Gasteiger partial charge in [0.05, 0.1) is 21.2 Å². The molecule has 176 valence electrons. The molecule has 8 nitrogen and oxygen atoms in total. The minimum atomic E-state index is -0.456. The fourth-order valence-electron chi connectivity index (χ4n) is 3.92. The maximum atomic E-state index is 12.4. The molecule has 34 heavy (non-hydrogen) atoms. The molecule has 1 aliphatic rings. The van der Waals surface area contributed by atoms with Crippen LogP contribution >= 0.6 is 11.6 Å². The average molecular weight is 481 g/mol. The van der Waals surface area contributed by atoms with E-state index in [1.807, 2.05) is 12.1 Å². The summed E-state index contributed by atoms with van der Waals surface area (Å²) in [7, 11) is 0. The van der Waals surface area contributed by atoms with Crippen molar-refractivity contribution in [2.75, 3.05) is 42.9 Å². The maximum absolute atomic E-state index is 12.4. The number of hydrogen-bond donors (Lipinski definition) is 1. The van der Waals surface area contributed by atoms with Crippen molar-refractivity contribution < 1.29 is 14.1 Å². The first-order valence-corrected chi connectivity index (χ1v) is 11.4. The Morgan fingerprint density at radius 3 is 2.62 bits per heavy atom. The lowest BCUT2D eigenvalue weighted by Crippen LogP contribution is -2.46. The first-order chi connectivity index (χ1) is 16.4. The van der Waals surface area contributed by atoms with Gasteiger partial charge in [-0.25, -0.2) is 0 Å². The molecule has 0 radical (unpaired) electrons. The van der Waals surface area contributed by atoms with E-state index in [0.717, 1.165) is 38.4 Å². The summed E-state index contributed by atoms with van der Waals surface area (Å²) in [6.45, 7) is 7.04. The quantitative estimate of drug-likeness (QED) is 0.280. The molecule has 1 aliphatic heterocycles. The molecular weight excluding hydrogens is 456 g/mol. The van der Waals surface area contributed by atoms with Gasteiger partial charge in [-0.15, -0.1) is 0 Å². The van der Waals surface area contributed by atoms with Gasteiger partial charge in [-0.3, -0.25) is 14.9 Å². The number of nitrogens with zero attached hydrogens (tertiary/aromatic N) is 3. The first-order valence-electron chi connectivity index (χ1n) is 11.0. The molecule has 9 heteroatoms. The van der Waals surface area contributed by atoms with E-state index in [4.69, 9.17) is 16.0 Å². The summed E-state index contributed by atoms with van der Waals surface area (Å²) in [5.41, 5.74) is 1.89. The van der Waals surface area contributed by atoms with Crippen LogP contribution in [-0.2, 0) is 4.79 Å². The van der Waals surface area contributed by atoms with Gasteiger partial charge in [-0.1, -0.05) is 30.7 Å². The number of nitro benzene ring substituents is 1. The number of halogens is 1. The number of benzene rings is 2. The zero-order valence-corrected chi connectivity index (χ0v) is 19.5. The van der Waals surface area contributed by atoms with Crippen LogP contribution in [0.5, 0.6) is 0 Å². The molecule has 4 rings (SSSR count). The normalized spacial score (nSPS) is 14.5. The van der Waals surface area contributed by atoms with Gasteiger partial charge < -0.3 is 19.5 Å². The highest BCUT2D eigenvalue weighted by molar-refractivity contribution is 6.33. The number of rotatable bonds is 7. The molecule has 1 saturated heterocycles. The third kappa shape index (κ3) is 5.47. The molecule has 0 aliphatic carbocycles. The summed E-state index contributed by atoms with van der Waals surface area (Å²) in [5.74, 6) is 0.418. The molecule has 1 aromatic heterocycles. The number of piperazine rings is 1. The number of hydrogen-bond acceptors (Lipinski definition) is 6. The molecule has 1 fully saturated rings. The second kappa shape index (κ2) is 10.5. The van der Waals surface area contributed by atoms with Crippen LogP contribution in [0.2, 0.25) is 5.02 Å². The Balaban J connectivity index is 1.38. The van der Waals surface area contributed by atoms with Gasteiger partial charge in [0.25, 0.3) is 5.69 Å². The van der Waals surface area contributed by atoms with E-state index in [9.17, 15) is 14.9 Å². The highest BCUT2D eigenvalue weighted by atomic mass is 35.5. The first kappa shape index (κ1) is 23.5. The van der Waals surface area contributed by atoms with Crippen LogP contribution in [0, 0.1) is 10.1 Å². The molecular formula is C25H25ClN4O4. The average Bonchev–Trinajstić information content (AvgIpc) is 3.32. The maximum Gasteiger partial charge on any atom is 0.280 e. The lowest BCUT2D eigenvalue weighted by Gasteiger charge is -2.36. The van der Waals surface area contributed by atoms with E-state index in [1.54, 1.807) is 36.4 Å².